The van der Waals surface area contributed by atoms with E-state index in [-0.39, 0.29) is 10.5 Å². The third-order valence-electron chi connectivity index (χ3n) is 6.79. The number of nitrogens with two attached hydrogens (primary N) is 1. The number of benzene rings is 3. The van der Waals surface area contributed by atoms with Crippen LogP contribution in [0, 0.1) is 0 Å². The smallest absolute Gasteiger partial charge is 0.238 e. The van der Waals surface area contributed by atoms with Gasteiger partial charge in [0.1, 0.15) is 18.1 Å². The predicted molar refractivity (Wildman–Crippen MR) is 148 cm³/mol. The standard InChI is InChI=1S/C30H30N2O6S/c1-35-30(16-19-36-20-17-30)24-9-5-10-25(21-24)37-18-6-11-27-32-28(22-7-3-2-4-8-22)29(38-27)23-12-14-26(15-13-23)39(31,33)34/h2-15,21H,16-20H2,1H3,(H2,31,33,34). The molecule has 8 nitrogen and oxygen atoms in total. The van der Waals surface area contributed by atoms with Gasteiger partial charge in [0.2, 0.25) is 15.9 Å². The van der Waals surface area contributed by atoms with E-state index in [2.05, 4.69) is 11.1 Å². The monoisotopic (exact) mass is 546 g/mol. The molecule has 0 spiro atoms. The lowest BCUT2D eigenvalue weighted by Crippen LogP contribution is -2.35. The second-order valence-electron chi connectivity index (χ2n) is 9.22. The zero-order chi connectivity index (χ0) is 27.3. The minimum atomic E-state index is -3.79. The maximum atomic E-state index is 11.7. The number of methoxy groups -OCH3 is 1. The molecule has 202 valence electrons. The maximum Gasteiger partial charge on any atom is 0.238 e. The summed E-state index contributed by atoms with van der Waals surface area (Å²) in [7, 11) is -2.05. The molecule has 2 heterocycles. The van der Waals surface area contributed by atoms with E-state index in [4.69, 9.17) is 23.8 Å². The summed E-state index contributed by atoms with van der Waals surface area (Å²) in [6.07, 6.45) is 5.19. The summed E-state index contributed by atoms with van der Waals surface area (Å²) in [4.78, 5) is 4.72. The quantitative estimate of drug-likeness (QED) is 0.299. The number of oxazole rings is 1. The first-order valence-electron chi connectivity index (χ1n) is 12.6. The molecule has 4 aromatic rings. The van der Waals surface area contributed by atoms with Gasteiger partial charge in [-0.25, -0.2) is 18.5 Å². The maximum absolute atomic E-state index is 11.7. The van der Waals surface area contributed by atoms with Gasteiger partial charge >= 0.3 is 0 Å². The summed E-state index contributed by atoms with van der Waals surface area (Å²) in [5.74, 6) is 1.67. The van der Waals surface area contributed by atoms with E-state index >= 15 is 0 Å². The van der Waals surface area contributed by atoms with E-state index in [0.29, 0.717) is 42.7 Å². The Labute approximate surface area is 228 Å². The van der Waals surface area contributed by atoms with E-state index in [1.807, 2.05) is 54.6 Å². The van der Waals surface area contributed by atoms with Gasteiger partial charge in [0.15, 0.2) is 5.76 Å². The molecule has 39 heavy (non-hydrogen) atoms. The summed E-state index contributed by atoms with van der Waals surface area (Å²) < 4.78 is 46.8. The van der Waals surface area contributed by atoms with Crippen LogP contribution in [0.1, 0.15) is 24.3 Å². The normalized spacial score (nSPS) is 15.4. The molecule has 1 aliphatic heterocycles. The molecule has 0 unspecified atom stereocenters. The average molecular weight is 547 g/mol. The van der Waals surface area contributed by atoms with Gasteiger partial charge in [-0.1, -0.05) is 42.5 Å². The van der Waals surface area contributed by atoms with Gasteiger partial charge in [-0.3, -0.25) is 0 Å². The van der Waals surface area contributed by atoms with E-state index in [1.165, 1.54) is 12.1 Å². The van der Waals surface area contributed by atoms with E-state index in [9.17, 15) is 8.42 Å². The van der Waals surface area contributed by atoms with Crippen molar-refractivity contribution in [2.75, 3.05) is 26.9 Å². The van der Waals surface area contributed by atoms with Gasteiger partial charge in [0.25, 0.3) is 0 Å². The Morgan fingerprint density at radius 3 is 2.41 bits per heavy atom. The van der Waals surface area contributed by atoms with Crippen LogP contribution in [0.2, 0.25) is 0 Å². The van der Waals surface area contributed by atoms with E-state index < -0.39 is 10.0 Å². The lowest BCUT2D eigenvalue weighted by Gasteiger charge is -2.36. The second-order valence-corrected chi connectivity index (χ2v) is 10.8. The van der Waals surface area contributed by atoms with Gasteiger partial charge in [-0.05, 0) is 48.0 Å². The second kappa shape index (κ2) is 11.5. The Kier molecular flexibility index (Phi) is 7.94. The molecule has 9 heteroatoms. The van der Waals surface area contributed by atoms with E-state index in [0.717, 1.165) is 29.7 Å². The largest absolute Gasteiger partial charge is 0.490 e. The summed E-state index contributed by atoms with van der Waals surface area (Å²) in [5.41, 5.74) is 2.92. The fourth-order valence-electron chi connectivity index (χ4n) is 4.67. The van der Waals surface area contributed by atoms with Crippen molar-refractivity contribution < 1.29 is 27.0 Å². The van der Waals surface area contributed by atoms with Crippen molar-refractivity contribution in [3.8, 4) is 28.3 Å². The molecule has 0 bridgehead atoms. The van der Waals surface area contributed by atoms with Crippen molar-refractivity contribution in [3.05, 3.63) is 96.4 Å². The van der Waals surface area contributed by atoms with Crippen LogP contribution in [0.15, 0.2) is 94.3 Å². The van der Waals surface area contributed by atoms with E-state index in [1.54, 1.807) is 25.3 Å². The molecule has 1 aliphatic rings. The molecule has 0 radical (unpaired) electrons. The molecule has 1 aromatic heterocycles. The van der Waals surface area contributed by atoms with Gasteiger partial charge in [-0.2, -0.15) is 0 Å². The Morgan fingerprint density at radius 2 is 1.72 bits per heavy atom. The highest BCUT2D eigenvalue weighted by Crippen LogP contribution is 2.37. The van der Waals surface area contributed by atoms with Crippen LogP contribution in [0.25, 0.3) is 28.7 Å². The SMILES string of the molecule is COC1(c2cccc(OCC=Cc3nc(-c4ccccc4)c(-c4ccc(S(N)(=O)=O)cc4)o3)c2)CCOCC1. The summed E-state index contributed by atoms with van der Waals surface area (Å²) >= 11 is 0. The molecule has 0 aliphatic carbocycles. The van der Waals surface area contributed by atoms with Crippen LogP contribution in [-0.2, 0) is 25.1 Å². The zero-order valence-electron chi connectivity index (χ0n) is 21.6. The van der Waals surface area contributed by atoms with Crippen LogP contribution < -0.4 is 9.88 Å². The highest BCUT2D eigenvalue weighted by Gasteiger charge is 2.34. The molecule has 2 N–H and O–H groups in total. The van der Waals surface area contributed by atoms with Crippen LogP contribution in [0.3, 0.4) is 0 Å². The summed E-state index contributed by atoms with van der Waals surface area (Å²) in [5, 5.41) is 5.24. The molecule has 0 amide bonds. The van der Waals surface area contributed by atoms with Crippen molar-refractivity contribution in [1.82, 2.24) is 4.98 Å². The number of primary sulfonamides is 1. The molecule has 1 saturated heterocycles. The summed E-state index contributed by atoms with van der Waals surface area (Å²) in [6, 6.07) is 23.8. The van der Waals surface area contributed by atoms with Crippen molar-refractivity contribution in [2.45, 2.75) is 23.3 Å². The van der Waals surface area contributed by atoms with Gasteiger partial charge in [0.05, 0.1) is 10.5 Å². The number of sulfonamides is 1. The molecule has 0 atom stereocenters. The van der Waals surface area contributed by atoms with Gasteiger partial charge < -0.3 is 18.6 Å². The highest BCUT2D eigenvalue weighted by atomic mass is 32.2. The minimum Gasteiger partial charge on any atom is -0.490 e. The third-order valence-corrected chi connectivity index (χ3v) is 7.72. The van der Waals surface area contributed by atoms with Crippen molar-refractivity contribution in [3.63, 3.8) is 0 Å². The predicted octanol–water partition coefficient (Wildman–Crippen LogP) is 5.40. The first-order valence-corrected chi connectivity index (χ1v) is 14.1. The number of hydrogen-bond acceptors (Lipinski definition) is 7. The fourth-order valence-corrected chi connectivity index (χ4v) is 5.18. The number of hydrogen-bond donors (Lipinski definition) is 1. The minimum absolute atomic E-state index is 0.0293. The Morgan fingerprint density at radius 1 is 0.974 bits per heavy atom. The third kappa shape index (κ3) is 6.12. The van der Waals surface area contributed by atoms with Crippen LogP contribution >= 0.6 is 0 Å². The first kappa shape index (κ1) is 26.8. The Hall–Kier alpha value is -3.76. The number of ether oxygens (including phenoxy) is 3. The van der Waals surface area contributed by atoms with Gasteiger partial charge in [0, 0.05) is 50.4 Å². The number of nitrogens with zero attached hydrogens (tertiary/aromatic N) is 1. The molecule has 5 rings (SSSR count). The van der Waals surface area contributed by atoms with Gasteiger partial charge in [-0.15, -0.1) is 0 Å². The molecule has 0 saturated carbocycles. The van der Waals surface area contributed by atoms with Crippen LogP contribution in [-0.4, -0.2) is 40.3 Å². The lowest BCUT2D eigenvalue weighted by molar-refractivity contribution is -0.0948. The molecule has 1 fully saturated rings. The Bertz CT molecular complexity index is 1540. The summed E-state index contributed by atoms with van der Waals surface area (Å²) in [6.45, 7) is 1.65. The highest BCUT2D eigenvalue weighted by molar-refractivity contribution is 7.89. The first-order chi connectivity index (χ1) is 18.9. The van der Waals surface area contributed by atoms with Crippen molar-refractivity contribution in [2.24, 2.45) is 5.14 Å². The fraction of sp³-hybridized carbons (Fsp3) is 0.233. The number of rotatable bonds is 9. The van der Waals surface area contributed by atoms with Crippen LogP contribution in [0.4, 0.5) is 0 Å². The average Bonchev–Trinajstić information content (AvgIpc) is 3.40. The number of aromatic nitrogens is 1. The molecular weight excluding hydrogens is 516 g/mol. The van der Waals surface area contributed by atoms with Crippen molar-refractivity contribution >= 4 is 16.1 Å². The lowest BCUT2D eigenvalue weighted by atomic mass is 9.86. The molecular formula is C30H30N2O6S. The molecule has 3 aromatic carbocycles. The Balaban J connectivity index is 1.34. The van der Waals surface area contributed by atoms with Crippen molar-refractivity contribution in [1.29, 1.82) is 0 Å². The van der Waals surface area contributed by atoms with Crippen LogP contribution in [0.5, 0.6) is 5.75 Å². The zero-order valence-corrected chi connectivity index (χ0v) is 22.4. The topological polar surface area (TPSA) is 114 Å².